The molecule has 1 atom stereocenters. The number of hydrogen-bond donors (Lipinski definition) is 2. The van der Waals surface area contributed by atoms with E-state index in [1.165, 1.54) is 15.3 Å². The van der Waals surface area contributed by atoms with Gasteiger partial charge >= 0.3 is 0 Å². The number of rotatable bonds is 3. The van der Waals surface area contributed by atoms with E-state index >= 15 is 0 Å². The highest BCUT2D eigenvalue weighted by Gasteiger charge is 2.39. The van der Waals surface area contributed by atoms with Gasteiger partial charge in [-0.3, -0.25) is 4.79 Å². The van der Waals surface area contributed by atoms with Gasteiger partial charge < -0.3 is 10.2 Å². The number of fused-ring (bicyclic) bond motifs is 1. The highest BCUT2D eigenvalue weighted by molar-refractivity contribution is 7.91. The Morgan fingerprint density at radius 1 is 1.19 bits per heavy atom. The van der Waals surface area contributed by atoms with Gasteiger partial charge in [0.05, 0.1) is 43.2 Å². The molecule has 3 aliphatic heterocycles. The fourth-order valence-electron chi connectivity index (χ4n) is 4.05. The van der Waals surface area contributed by atoms with Crippen LogP contribution in [0.5, 0.6) is 0 Å². The van der Waals surface area contributed by atoms with Gasteiger partial charge in [0.1, 0.15) is 11.8 Å². The standard InChI is InChI=1S/C16H21N3O5S2/c20-16-10-12-9-14(1-2-15(12)17-16)26(23,24)19-6-4-18(5-7-19)13-3-8-25(21,22)11-13/h1-2,9,13H,3-8,10-11H2,(H,17,20)/p+1/t13-/m0/s1. The van der Waals surface area contributed by atoms with Crippen molar-refractivity contribution in [1.29, 1.82) is 0 Å². The van der Waals surface area contributed by atoms with Crippen molar-refractivity contribution >= 4 is 31.5 Å². The molecule has 8 nitrogen and oxygen atoms in total. The Labute approximate surface area is 153 Å². The number of hydrogen-bond acceptors (Lipinski definition) is 5. The van der Waals surface area contributed by atoms with Crippen LogP contribution in [0.15, 0.2) is 23.1 Å². The minimum atomic E-state index is -3.61. The summed E-state index contributed by atoms with van der Waals surface area (Å²) in [4.78, 5) is 12.8. The molecule has 0 spiro atoms. The second kappa shape index (κ2) is 6.29. The Morgan fingerprint density at radius 3 is 2.58 bits per heavy atom. The Kier molecular flexibility index (Phi) is 4.33. The van der Waals surface area contributed by atoms with Crippen LogP contribution in [-0.4, -0.2) is 70.8 Å². The fraction of sp³-hybridized carbons (Fsp3) is 0.562. The highest BCUT2D eigenvalue weighted by Crippen LogP contribution is 2.27. The molecule has 0 bridgehead atoms. The summed E-state index contributed by atoms with van der Waals surface area (Å²) in [5.41, 5.74) is 1.38. The van der Waals surface area contributed by atoms with E-state index in [1.54, 1.807) is 12.1 Å². The van der Waals surface area contributed by atoms with Crippen molar-refractivity contribution in [3.05, 3.63) is 23.8 Å². The Hall–Kier alpha value is -1.49. The zero-order valence-corrected chi connectivity index (χ0v) is 15.9. The van der Waals surface area contributed by atoms with Crippen LogP contribution in [-0.2, 0) is 31.1 Å². The summed E-state index contributed by atoms with van der Waals surface area (Å²) >= 11 is 0. The van der Waals surface area contributed by atoms with Gasteiger partial charge in [-0.05, 0) is 23.8 Å². The maximum Gasteiger partial charge on any atom is 0.243 e. The maximum atomic E-state index is 12.9. The van der Waals surface area contributed by atoms with Crippen molar-refractivity contribution in [3.8, 4) is 0 Å². The average Bonchev–Trinajstić information content (AvgIpc) is 3.15. The summed E-state index contributed by atoms with van der Waals surface area (Å²) < 4.78 is 50.6. The third-order valence-corrected chi connectivity index (χ3v) is 9.18. The van der Waals surface area contributed by atoms with E-state index in [1.807, 2.05) is 0 Å². The van der Waals surface area contributed by atoms with E-state index < -0.39 is 19.9 Å². The van der Waals surface area contributed by atoms with Crippen molar-refractivity contribution in [3.63, 3.8) is 0 Å². The predicted molar refractivity (Wildman–Crippen MR) is 95.3 cm³/mol. The number of benzene rings is 1. The molecular weight excluding hydrogens is 378 g/mol. The number of piperazine rings is 1. The Balaban J connectivity index is 1.45. The van der Waals surface area contributed by atoms with Crippen LogP contribution in [0.3, 0.4) is 0 Å². The molecule has 0 unspecified atom stereocenters. The number of sulfonamides is 1. The molecule has 1 aromatic rings. The molecule has 0 aliphatic carbocycles. The molecule has 10 heteroatoms. The molecule has 142 valence electrons. The summed E-state index contributed by atoms with van der Waals surface area (Å²) in [6, 6.07) is 4.83. The first-order valence-electron chi connectivity index (χ1n) is 8.72. The van der Waals surface area contributed by atoms with Crippen LogP contribution in [0.4, 0.5) is 5.69 Å². The first kappa shape index (κ1) is 17.9. The molecule has 1 aromatic carbocycles. The van der Waals surface area contributed by atoms with Gasteiger partial charge in [0.25, 0.3) is 0 Å². The van der Waals surface area contributed by atoms with E-state index in [-0.39, 0.29) is 34.8 Å². The third-order valence-electron chi connectivity index (χ3n) is 5.51. The topological polar surface area (TPSA) is 105 Å². The fourth-order valence-corrected chi connectivity index (χ4v) is 7.37. The van der Waals surface area contributed by atoms with E-state index in [4.69, 9.17) is 0 Å². The number of nitrogens with one attached hydrogen (secondary N) is 2. The van der Waals surface area contributed by atoms with Gasteiger partial charge in [-0.1, -0.05) is 0 Å². The lowest BCUT2D eigenvalue weighted by Gasteiger charge is -2.34. The Morgan fingerprint density at radius 2 is 1.92 bits per heavy atom. The molecule has 2 N–H and O–H groups in total. The minimum Gasteiger partial charge on any atom is -0.329 e. The first-order chi connectivity index (χ1) is 12.2. The number of amides is 1. The van der Waals surface area contributed by atoms with Crippen LogP contribution in [0.2, 0.25) is 0 Å². The van der Waals surface area contributed by atoms with Gasteiger partial charge in [0.2, 0.25) is 15.9 Å². The summed E-state index contributed by atoms with van der Waals surface area (Å²) in [7, 11) is -6.53. The molecule has 0 radical (unpaired) electrons. The molecule has 0 aromatic heterocycles. The van der Waals surface area contributed by atoms with Gasteiger partial charge in [0.15, 0.2) is 9.84 Å². The van der Waals surface area contributed by atoms with Gasteiger partial charge in [-0.25, -0.2) is 16.8 Å². The van der Waals surface area contributed by atoms with Crippen LogP contribution in [0.1, 0.15) is 12.0 Å². The number of nitrogens with zero attached hydrogens (tertiary/aromatic N) is 1. The van der Waals surface area contributed by atoms with Crippen LogP contribution in [0.25, 0.3) is 0 Å². The molecule has 0 saturated carbocycles. The first-order valence-corrected chi connectivity index (χ1v) is 12.0. The SMILES string of the molecule is O=C1Cc2cc(S(=O)(=O)N3CC[NH+]([C@H]4CCS(=O)(=O)C4)CC3)ccc2N1. The van der Waals surface area contributed by atoms with Gasteiger partial charge in [-0.2, -0.15) is 4.31 Å². The summed E-state index contributed by atoms with van der Waals surface area (Å²) in [6.45, 7) is 1.99. The lowest BCUT2D eigenvalue weighted by molar-refractivity contribution is -0.925. The monoisotopic (exact) mass is 400 g/mol. The van der Waals surface area contributed by atoms with Crippen LogP contribution >= 0.6 is 0 Å². The lowest BCUT2D eigenvalue weighted by atomic mass is 10.2. The smallest absolute Gasteiger partial charge is 0.243 e. The highest BCUT2D eigenvalue weighted by atomic mass is 32.2. The van der Waals surface area contributed by atoms with Gasteiger partial charge in [0, 0.05) is 12.1 Å². The van der Waals surface area contributed by atoms with E-state index in [0.717, 1.165) is 0 Å². The zero-order chi connectivity index (χ0) is 18.5. The summed E-state index contributed by atoms with van der Waals surface area (Å²) in [5, 5.41) is 2.70. The number of carbonyl (C=O) groups is 1. The molecule has 2 saturated heterocycles. The van der Waals surface area contributed by atoms with E-state index in [2.05, 4.69) is 5.32 Å². The second-order valence-electron chi connectivity index (χ2n) is 7.21. The van der Waals surface area contributed by atoms with Crippen molar-refractivity contribution < 1.29 is 26.5 Å². The lowest BCUT2D eigenvalue weighted by Crippen LogP contribution is -3.18. The number of quaternary nitrogens is 1. The molecular formula is C16H22N3O5S2+. The van der Waals surface area contributed by atoms with Crippen molar-refractivity contribution in [1.82, 2.24) is 4.31 Å². The summed E-state index contributed by atoms with van der Waals surface area (Å²) in [5.74, 6) is 0.324. The minimum absolute atomic E-state index is 0.0851. The largest absolute Gasteiger partial charge is 0.329 e. The predicted octanol–water partition coefficient (Wildman–Crippen LogP) is -1.74. The quantitative estimate of drug-likeness (QED) is 0.627. The molecule has 3 heterocycles. The van der Waals surface area contributed by atoms with E-state index in [9.17, 15) is 21.6 Å². The number of carbonyl (C=O) groups excluding carboxylic acids is 1. The molecule has 1 amide bonds. The number of sulfone groups is 1. The van der Waals surface area contributed by atoms with Crippen LogP contribution < -0.4 is 10.2 Å². The van der Waals surface area contributed by atoms with Crippen molar-refractivity contribution in [2.45, 2.75) is 23.8 Å². The second-order valence-corrected chi connectivity index (χ2v) is 11.4. The summed E-state index contributed by atoms with van der Waals surface area (Å²) in [6.07, 6.45) is 0.864. The molecule has 3 aliphatic rings. The Bertz CT molecular complexity index is 950. The zero-order valence-electron chi connectivity index (χ0n) is 14.3. The normalized spacial score (nSPS) is 26.6. The maximum absolute atomic E-state index is 12.9. The third kappa shape index (κ3) is 3.26. The van der Waals surface area contributed by atoms with Gasteiger partial charge in [-0.15, -0.1) is 0 Å². The molecule has 4 rings (SSSR count). The molecule has 2 fully saturated rings. The number of anilines is 1. The van der Waals surface area contributed by atoms with Crippen molar-refractivity contribution in [2.24, 2.45) is 0 Å². The van der Waals surface area contributed by atoms with Crippen molar-refractivity contribution in [2.75, 3.05) is 43.0 Å². The molecule has 26 heavy (non-hydrogen) atoms. The average molecular weight is 401 g/mol. The van der Waals surface area contributed by atoms with E-state index in [0.29, 0.717) is 43.9 Å². The van der Waals surface area contributed by atoms with Crippen LogP contribution in [0, 0.1) is 0 Å².